The van der Waals surface area contributed by atoms with E-state index in [9.17, 15) is 9.90 Å². The number of carbonyl (C=O) groups is 1. The molecule has 1 unspecified atom stereocenters. The van der Waals surface area contributed by atoms with Gasteiger partial charge in [0, 0.05) is 5.56 Å². The van der Waals surface area contributed by atoms with Gasteiger partial charge in [0.1, 0.15) is 6.29 Å². The number of methoxy groups -OCH3 is 4. The second kappa shape index (κ2) is 18.9. The van der Waals surface area contributed by atoms with Crippen molar-refractivity contribution in [2.45, 2.75) is 6.10 Å². The molecule has 0 aliphatic carbocycles. The van der Waals surface area contributed by atoms with Crippen molar-refractivity contribution in [2.24, 2.45) is 0 Å². The van der Waals surface area contributed by atoms with Gasteiger partial charge in [0.05, 0.1) is 34.5 Å². The van der Waals surface area contributed by atoms with Crippen LogP contribution in [0.4, 0.5) is 0 Å². The monoisotopic (exact) mass is 489 g/mol. The molecule has 8 heteroatoms. The molecule has 2 rings (SSSR count). The van der Waals surface area contributed by atoms with Crippen LogP contribution in [0.2, 0.25) is 0 Å². The van der Waals surface area contributed by atoms with Crippen LogP contribution >= 0.6 is 0 Å². The maximum Gasteiger partial charge on any atom is 2.00 e. The maximum absolute atomic E-state index is 10.4. The van der Waals surface area contributed by atoms with Crippen molar-refractivity contribution in [2.75, 3.05) is 28.4 Å². The minimum absolute atomic E-state index is 0. The molecule has 0 aromatic heterocycles. The Labute approximate surface area is 205 Å². The molecule has 0 amide bonds. The second-order valence-electron chi connectivity index (χ2n) is 5.03. The zero-order chi connectivity index (χ0) is 21.5. The quantitative estimate of drug-likeness (QED) is 0.263. The van der Waals surface area contributed by atoms with E-state index in [1.165, 1.54) is 13.2 Å². The summed E-state index contributed by atoms with van der Waals surface area (Å²) in [5.74, 6) is 2.45. The van der Waals surface area contributed by atoms with E-state index < -0.39 is 6.10 Å². The fourth-order valence-corrected chi connectivity index (χ4v) is 2.10. The zero-order valence-electron chi connectivity index (χ0n) is 17.6. The van der Waals surface area contributed by atoms with E-state index in [2.05, 4.69) is 19.7 Å². The van der Waals surface area contributed by atoms with Crippen molar-refractivity contribution in [3.63, 3.8) is 0 Å². The molecule has 0 aliphatic rings. The topological polar surface area (TPSA) is 74.2 Å². The van der Waals surface area contributed by atoms with E-state index in [0.717, 1.165) is 11.8 Å². The summed E-state index contributed by atoms with van der Waals surface area (Å²) in [4.78, 5) is 10.4. The molecule has 0 radical (unpaired) electrons. The van der Waals surface area contributed by atoms with Crippen LogP contribution in [-0.2, 0) is 0 Å². The molecule has 0 saturated carbocycles. The van der Waals surface area contributed by atoms with Crippen LogP contribution in [0, 0.1) is 13.2 Å². The minimum atomic E-state index is -0.671. The van der Waals surface area contributed by atoms with E-state index in [4.69, 9.17) is 18.9 Å². The second-order valence-corrected chi connectivity index (χ2v) is 5.03. The van der Waals surface area contributed by atoms with Gasteiger partial charge in [-0.05, 0) is 42.5 Å². The Morgan fingerprint density at radius 3 is 1.73 bits per heavy atom. The number of hydrogen-bond acceptors (Lipinski definition) is 6. The molecule has 30 heavy (non-hydrogen) atoms. The number of ether oxygens (including phenoxy) is 4. The van der Waals surface area contributed by atoms with Crippen LogP contribution in [0.1, 0.15) is 22.0 Å². The fraction of sp³-hybridized carbons (Fsp3) is 0.227. The smallest absolute Gasteiger partial charge is 1.00 e. The number of aldehydes is 1. The van der Waals surface area contributed by atoms with Crippen LogP contribution in [0.3, 0.4) is 0 Å². The molecule has 158 valence electrons. The maximum atomic E-state index is 10.4. The predicted molar refractivity (Wildman–Crippen MR) is 114 cm³/mol. The van der Waals surface area contributed by atoms with Gasteiger partial charge < -0.3 is 41.0 Å². The minimum Gasteiger partial charge on any atom is -1.00 e. The Morgan fingerprint density at radius 2 is 1.33 bits per heavy atom. The zero-order valence-corrected chi connectivity index (χ0v) is 20.6. The number of rotatable bonds is 7. The van der Waals surface area contributed by atoms with E-state index in [1.807, 2.05) is 0 Å². The van der Waals surface area contributed by atoms with Crippen molar-refractivity contribution in [3.8, 4) is 23.0 Å². The first-order chi connectivity index (χ1) is 13.5. The average molecular weight is 491 g/mol. The predicted octanol–water partition coefficient (Wildman–Crippen LogP) is 0.471. The van der Waals surface area contributed by atoms with Crippen molar-refractivity contribution in [1.29, 1.82) is 0 Å². The molecule has 0 fully saturated rings. The van der Waals surface area contributed by atoms with E-state index in [0.29, 0.717) is 28.6 Å². The third kappa shape index (κ3) is 10.1. The molecule has 0 saturated heterocycles. The van der Waals surface area contributed by atoms with E-state index >= 15 is 0 Å². The number of benzene rings is 2. The van der Waals surface area contributed by atoms with Crippen LogP contribution in [0.25, 0.3) is 0 Å². The van der Waals surface area contributed by atoms with Crippen molar-refractivity contribution < 1.29 is 45.8 Å². The van der Waals surface area contributed by atoms with Gasteiger partial charge in [-0.2, -0.15) is 0 Å². The molecular formula is C22H26BrMgO6+. The Bertz CT molecular complexity index is 754. The normalized spacial score (nSPS) is 9.33. The van der Waals surface area contributed by atoms with Crippen molar-refractivity contribution >= 4 is 29.3 Å². The molecule has 0 aliphatic heterocycles. The van der Waals surface area contributed by atoms with E-state index in [-0.39, 0.29) is 40.0 Å². The molecule has 0 heterocycles. The summed E-state index contributed by atoms with van der Waals surface area (Å²) >= 11 is 0. The number of aliphatic hydroxyl groups is 1. The van der Waals surface area contributed by atoms with Gasteiger partial charge in [0.2, 0.25) is 0 Å². The molecule has 1 atom stereocenters. The third-order valence-corrected chi connectivity index (χ3v) is 3.52. The summed E-state index contributed by atoms with van der Waals surface area (Å²) in [6.07, 6.45) is 1.55. The Balaban J connectivity index is -0.000000426. The van der Waals surface area contributed by atoms with Gasteiger partial charge in [-0.1, -0.05) is 12.1 Å². The largest absolute Gasteiger partial charge is 2.00 e. The average Bonchev–Trinajstić information content (AvgIpc) is 2.79. The molecule has 1 N–H and O–H groups in total. The molecule has 0 bridgehead atoms. The van der Waals surface area contributed by atoms with Crippen LogP contribution in [0.5, 0.6) is 23.0 Å². The van der Waals surface area contributed by atoms with E-state index in [1.54, 1.807) is 57.7 Å². The molecule has 6 nitrogen and oxygen atoms in total. The standard InChI is InChI=1S/C11H14O3.C9H10O3.C2H2.BrH.Mg/c1-4-9(12)8-5-6-10(13-2)11(7-8)14-3;1-11-8-4-3-7(6-10)5-9(8)12-2;1-2;;/h4-7,9,12H,1H2,2-3H3;3-6H,1-2H3;1-2H;1H;/q;;;;+2/p-1. The van der Waals surface area contributed by atoms with Crippen LogP contribution < -0.4 is 35.9 Å². The van der Waals surface area contributed by atoms with Gasteiger partial charge in [0.15, 0.2) is 23.0 Å². The summed E-state index contributed by atoms with van der Waals surface area (Å²) < 4.78 is 20.2. The molecule has 2 aromatic carbocycles. The first-order valence-electron chi connectivity index (χ1n) is 8.07. The first kappa shape index (κ1) is 32.6. The Morgan fingerprint density at radius 1 is 0.900 bits per heavy atom. The van der Waals surface area contributed by atoms with Gasteiger partial charge in [-0.25, -0.2) is 6.58 Å². The summed E-state index contributed by atoms with van der Waals surface area (Å²) in [6.45, 7) is 11.5. The SMILES string of the molecule is C=CC(O)c1ccc(OC)c(OC)c1.COc1ccc(C=O)cc1OC.[Br-].[CH+]=[CH-].[Mg+2]. The van der Waals surface area contributed by atoms with Gasteiger partial charge in [0.25, 0.3) is 0 Å². The van der Waals surface area contributed by atoms with Crippen molar-refractivity contribution in [1.82, 2.24) is 0 Å². The number of carbonyl (C=O) groups excluding carboxylic acids is 1. The molecule has 0 spiro atoms. The van der Waals surface area contributed by atoms with Gasteiger partial charge in [-0.15, -0.1) is 6.58 Å². The number of halogens is 1. The van der Waals surface area contributed by atoms with Crippen LogP contribution in [0.15, 0.2) is 49.1 Å². The Hall–Kier alpha value is -2.09. The summed E-state index contributed by atoms with van der Waals surface area (Å²) in [5, 5.41) is 9.50. The third-order valence-electron chi connectivity index (χ3n) is 3.52. The first-order valence-corrected chi connectivity index (χ1v) is 8.07. The summed E-state index contributed by atoms with van der Waals surface area (Å²) in [7, 11) is 6.22. The summed E-state index contributed by atoms with van der Waals surface area (Å²) in [5.41, 5.74) is 1.31. The van der Waals surface area contributed by atoms with Crippen molar-refractivity contribution in [3.05, 3.63) is 73.3 Å². The van der Waals surface area contributed by atoms with Crippen LogP contribution in [-0.4, -0.2) is 62.9 Å². The van der Waals surface area contributed by atoms with Gasteiger partial charge >= 0.3 is 23.1 Å². The summed E-state index contributed by atoms with van der Waals surface area (Å²) in [6, 6.07) is 10.3. The number of hydrogen-bond donors (Lipinski definition) is 1. The molecule has 2 aromatic rings. The Kier molecular flexibility index (Phi) is 20.5. The number of aliphatic hydroxyl groups excluding tert-OH is 1. The fourth-order valence-electron chi connectivity index (χ4n) is 2.10. The molecular weight excluding hydrogens is 464 g/mol. The van der Waals surface area contributed by atoms with Gasteiger partial charge in [-0.3, -0.25) is 4.79 Å².